The Morgan fingerprint density at radius 3 is 2.74 bits per heavy atom. The van der Waals surface area contributed by atoms with E-state index >= 15 is 0 Å². The zero-order valence-electron chi connectivity index (χ0n) is 10.7. The first-order valence-electron chi connectivity index (χ1n) is 6.62. The third kappa shape index (κ3) is 2.97. The number of hydrogen-bond donors (Lipinski definition) is 0. The number of anilines is 1. The maximum atomic E-state index is 6.22. The zero-order chi connectivity index (χ0) is 13.2. The van der Waals surface area contributed by atoms with Gasteiger partial charge in [0.15, 0.2) is 0 Å². The van der Waals surface area contributed by atoms with Crippen molar-refractivity contribution >= 4 is 29.0 Å². The molecule has 2 fully saturated rings. The van der Waals surface area contributed by atoms with Gasteiger partial charge < -0.3 is 9.64 Å². The molecule has 4 nitrogen and oxygen atoms in total. The number of rotatable bonds is 2. The lowest BCUT2D eigenvalue weighted by molar-refractivity contribution is 0.0209. The van der Waals surface area contributed by atoms with E-state index in [-0.39, 0.29) is 0 Å². The van der Waals surface area contributed by atoms with Gasteiger partial charge in [-0.3, -0.25) is 4.90 Å². The molecule has 1 unspecified atom stereocenters. The molecule has 2 aliphatic rings. The first-order chi connectivity index (χ1) is 9.24. The summed E-state index contributed by atoms with van der Waals surface area (Å²) in [5.41, 5.74) is 0. The third-order valence-electron chi connectivity index (χ3n) is 3.81. The number of morpholine rings is 1. The lowest BCUT2D eigenvalue weighted by Crippen LogP contribution is -2.44. The van der Waals surface area contributed by atoms with Crippen LogP contribution < -0.4 is 4.90 Å². The normalized spacial score (nSPS) is 24.9. The summed E-state index contributed by atoms with van der Waals surface area (Å²) in [5, 5.41) is 1.22. The summed E-state index contributed by atoms with van der Waals surface area (Å²) < 4.78 is 5.40. The molecule has 0 saturated carbocycles. The van der Waals surface area contributed by atoms with Crippen LogP contribution in [-0.4, -0.2) is 55.3 Å². The average Bonchev–Trinajstić information content (AvgIpc) is 2.89. The molecule has 0 amide bonds. The van der Waals surface area contributed by atoms with Gasteiger partial charge in [0, 0.05) is 38.4 Å². The van der Waals surface area contributed by atoms with Crippen molar-refractivity contribution in [2.45, 2.75) is 12.5 Å². The number of pyridine rings is 1. The number of nitrogens with zero attached hydrogens (tertiary/aromatic N) is 3. The average molecular weight is 302 g/mol. The molecule has 1 aromatic heterocycles. The minimum absolute atomic E-state index is 0.581. The second kappa shape index (κ2) is 5.83. The van der Waals surface area contributed by atoms with Crippen LogP contribution in [0.1, 0.15) is 6.42 Å². The van der Waals surface area contributed by atoms with E-state index in [1.165, 1.54) is 0 Å². The Morgan fingerprint density at radius 1 is 1.21 bits per heavy atom. The molecular weight excluding hydrogens is 285 g/mol. The van der Waals surface area contributed by atoms with E-state index in [2.05, 4.69) is 14.8 Å². The summed E-state index contributed by atoms with van der Waals surface area (Å²) in [6.45, 7) is 5.72. The van der Waals surface area contributed by atoms with E-state index in [0.29, 0.717) is 16.1 Å². The lowest BCUT2D eigenvalue weighted by Gasteiger charge is -2.32. The molecule has 104 valence electrons. The molecule has 3 rings (SSSR count). The predicted molar refractivity (Wildman–Crippen MR) is 77.3 cm³/mol. The Labute approximate surface area is 123 Å². The van der Waals surface area contributed by atoms with Gasteiger partial charge in [0.05, 0.1) is 23.3 Å². The van der Waals surface area contributed by atoms with E-state index in [1.807, 2.05) is 0 Å². The summed E-state index contributed by atoms with van der Waals surface area (Å²) in [5.74, 6) is 0.849. The summed E-state index contributed by atoms with van der Waals surface area (Å²) >= 11 is 12.1. The summed E-state index contributed by atoms with van der Waals surface area (Å²) in [7, 11) is 0. The van der Waals surface area contributed by atoms with Crippen molar-refractivity contribution in [2.24, 2.45) is 0 Å². The number of hydrogen-bond acceptors (Lipinski definition) is 4. The second-order valence-electron chi connectivity index (χ2n) is 5.00. The van der Waals surface area contributed by atoms with Crippen molar-refractivity contribution in [3.63, 3.8) is 0 Å². The lowest BCUT2D eigenvalue weighted by atomic mass is 10.2. The van der Waals surface area contributed by atoms with Crippen LogP contribution in [-0.2, 0) is 4.74 Å². The van der Waals surface area contributed by atoms with Gasteiger partial charge in [0.2, 0.25) is 0 Å². The highest BCUT2D eigenvalue weighted by Gasteiger charge is 2.30. The van der Waals surface area contributed by atoms with E-state index in [9.17, 15) is 0 Å². The molecule has 1 aromatic rings. The van der Waals surface area contributed by atoms with Gasteiger partial charge in [-0.2, -0.15) is 0 Å². The molecule has 3 heterocycles. The van der Waals surface area contributed by atoms with Crippen LogP contribution >= 0.6 is 23.2 Å². The Hall–Kier alpha value is -0.550. The molecule has 0 bridgehead atoms. The molecule has 0 N–H and O–H groups in total. The van der Waals surface area contributed by atoms with Gasteiger partial charge in [-0.15, -0.1) is 0 Å². The van der Waals surface area contributed by atoms with Crippen molar-refractivity contribution in [1.82, 2.24) is 9.88 Å². The Bertz CT molecular complexity index is 452. The van der Waals surface area contributed by atoms with E-state index in [4.69, 9.17) is 27.9 Å². The quantitative estimate of drug-likeness (QED) is 0.838. The van der Waals surface area contributed by atoms with Gasteiger partial charge in [-0.25, -0.2) is 4.98 Å². The van der Waals surface area contributed by atoms with Crippen molar-refractivity contribution in [3.05, 3.63) is 22.3 Å². The molecule has 19 heavy (non-hydrogen) atoms. The highest BCUT2D eigenvalue weighted by molar-refractivity contribution is 6.36. The first kappa shape index (κ1) is 13.4. The van der Waals surface area contributed by atoms with Gasteiger partial charge in [-0.05, 0) is 12.5 Å². The fraction of sp³-hybridized carbons (Fsp3) is 0.615. The number of ether oxygens (including phenoxy) is 1. The summed E-state index contributed by atoms with van der Waals surface area (Å²) in [4.78, 5) is 9.11. The third-order valence-corrected chi connectivity index (χ3v) is 4.30. The fourth-order valence-electron chi connectivity index (χ4n) is 2.81. The van der Waals surface area contributed by atoms with Crippen LogP contribution in [0, 0.1) is 0 Å². The molecule has 0 spiro atoms. The van der Waals surface area contributed by atoms with Crippen LogP contribution in [0.2, 0.25) is 10.0 Å². The minimum Gasteiger partial charge on any atom is -0.379 e. The van der Waals surface area contributed by atoms with Crippen LogP contribution in [0.15, 0.2) is 12.3 Å². The summed E-state index contributed by atoms with van der Waals surface area (Å²) in [6, 6.07) is 2.34. The maximum Gasteiger partial charge on any atom is 0.147 e. The Kier molecular flexibility index (Phi) is 4.12. The largest absolute Gasteiger partial charge is 0.379 e. The van der Waals surface area contributed by atoms with Crippen LogP contribution in [0.4, 0.5) is 5.82 Å². The predicted octanol–water partition coefficient (Wildman–Crippen LogP) is 2.30. The monoisotopic (exact) mass is 301 g/mol. The fourth-order valence-corrected chi connectivity index (χ4v) is 3.31. The molecular formula is C13H17Cl2N3O. The van der Waals surface area contributed by atoms with E-state index < -0.39 is 0 Å². The highest BCUT2D eigenvalue weighted by atomic mass is 35.5. The van der Waals surface area contributed by atoms with Crippen LogP contribution in [0.5, 0.6) is 0 Å². The number of aromatic nitrogens is 1. The zero-order valence-corrected chi connectivity index (χ0v) is 12.2. The molecule has 2 aliphatic heterocycles. The smallest absolute Gasteiger partial charge is 0.147 e. The van der Waals surface area contributed by atoms with Gasteiger partial charge in [0.1, 0.15) is 5.82 Å². The van der Waals surface area contributed by atoms with Crippen LogP contribution in [0.3, 0.4) is 0 Å². The minimum atomic E-state index is 0.581. The molecule has 6 heteroatoms. The van der Waals surface area contributed by atoms with Crippen molar-refractivity contribution in [3.8, 4) is 0 Å². The molecule has 0 radical (unpaired) electrons. The SMILES string of the molecule is Clc1cnc(N2CCC(N3CCOCC3)C2)c(Cl)c1. The highest BCUT2D eigenvalue weighted by Crippen LogP contribution is 2.29. The van der Waals surface area contributed by atoms with Crippen molar-refractivity contribution in [1.29, 1.82) is 0 Å². The standard InChI is InChI=1S/C13H17Cl2N3O/c14-10-7-12(15)13(16-8-10)18-2-1-11(9-18)17-3-5-19-6-4-17/h7-8,11H,1-6,9H2. The molecule has 0 aromatic carbocycles. The Morgan fingerprint density at radius 2 is 2.00 bits per heavy atom. The topological polar surface area (TPSA) is 28.6 Å². The number of halogens is 2. The molecule has 2 saturated heterocycles. The van der Waals surface area contributed by atoms with E-state index in [1.54, 1.807) is 12.3 Å². The Balaban J connectivity index is 1.67. The second-order valence-corrected chi connectivity index (χ2v) is 5.84. The summed E-state index contributed by atoms with van der Waals surface area (Å²) in [6.07, 6.45) is 2.81. The molecule has 1 atom stereocenters. The van der Waals surface area contributed by atoms with Crippen molar-refractivity contribution < 1.29 is 4.74 Å². The maximum absolute atomic E-state index is 6.22. The van der Waals surface area contributed by atoms with Crippen molar-refractivity contribution in [2.75, 3.05) is 44.3 Å². The van der Waals surface area contributed by atoms with Crippen LogP contribution in [0.25, 0.3) is 0 Å². The first-order valence-corrected chi connectivity index (χ1v) is 7.37. The molecule has 0 aliphatic carbocycles. The van der Waals surface area contributed by atoms with Gasteiger partial charge >= 0.3 is 0 Å². The van der Waals surface area contributed by atoms with Gasteiger partial charge in [-0.1, -0.05) is 23.2 Å². The van der Waals surface area contributed by atoms with E-state index in [0.717, 1.165) is 51.6 Å². The van der Waals surface area contributed by atoms with Gasteiger partial charge in [0.25, 0.3) is 0 Å².